The average molecular weight is 197 g/mol. The van der Waals surface area contributed by atoms with Gasteiger partial charge in [0.15, 0.2) is 0 Å². The van der Waals surface area contributed by atoms with E-state index in [0.717, 1.165) is 6.42 Å². The Bertz CT molecular complexity index is 268. The second-order valence-electron chi connectivity index (χ2n) is 5.07. The van der Waals surface area contributed by atoms with Gasteiger partial charge in [0, 0.05) is 11.3 Å². The highest BCUT2D eigenvalue weighted by atomic mass is 32.1. The molecule has 0 spiro atoms. The van der Waals surface area contributed by atoms with Gasteiger partial charge in [-0.15, -0.1) is 11.3 Å². The lowest BCUT2D eigenvalue weighted by Crippen LogP contribution is -2.09. The largest absolute Gasteiger partial charge is 0.246 e. The lowest BCUT2D eigenvalue weighted by molar-refractivity contribution is 0.407. The molecule has 0 aromatic carbocycles. The third-order valence-electron chi connectivity index (χ3n) is 1.77. The first-order chi connectivity index (χ1) is 5.88. The zero-order chi connectivity index (χ0) is 10.1. The minimum absolute atomic E-state index is 0.350. The normalized spacial score (nSPS) is 12.5. The van der Waals surface area contributed by atoms with Gasteiger partial charge in [0.2, 0.25) is 0 Å². The minimum atomic E-state index is 0.350. The molecule has 0 aliphatic rings. The van der Waals surface area contributed by atoms with Crippen molar-refractivity contribution in [1.29, 1.82) is 0 Å². The Balaban J connectivity index is 2.70. The Labute approximate surface area is 85.2 Å². The molecule has 0 saturated carbocycles. The zero-order valence-electron chi connectivity index (χ0n) is 9.22. The molecule has 1 nitrogen and oxygen atoms in total. The maximum absolute atomic E-state index is 4.61. The molecule has 0 aliphatic heterocycles. The predicted molar refractivity (Wildman–Crippen MR) is 59.4 cm³/mol. The summed E-state index contributed by atoms with van der Waals surface area (Å²) in [6.07, 6.45) is 1.08. The smallest absolute Gasteiger partial charge is 0.0953 e. The van der Waals surface area contributed by atoms with Crippen LogP contribution >= 0.6 is 11.3 Å². The van der Waals surface area contributed by atoms with Gasteiger partial charge in [-0.1, -0.05) is 34.6 Å². The lowest BCUT2D eigenvalue weighted by atomic mass is 9.91. The summed E-state index contributed by atoms with van der Waals surface area (Å²) >= 11 is 1.79. The topological polar surface area (TPSA) is 12.9 Å². The van der Waals surface area contributed by atoms with Crippen LogP contribution in [0.2, 0.25) is 0 Å². The molecule has 0 radical (unpaired) electrons. The van der Waals surface area contributed by atoms with E-state index < -0.39 is 0 Å². The van der Waals surface area contributed by atoms with Gasteiger partial charge in [0.25, 0.3) is 0 Å². The highest BCUT2D eigenvalue weighted by molar-refractivity contribution is 7.09. The molecule has 2 heteroatoms. The van der Waals surface area contributed by atoms with E-state index in [0.29, 0.717) is 11.3 Å². The third kappa shape index (κ3) is 3.47. The van der Waals surface area contributed by atoms with Gasteiger partial charge < -0.3 is 0 Å². The molecule has 1 aromatic heterocycles. The first-order valence-corrected chi connectivity index (χ1v) is 5.71. The number of hydrogen-bond acceptors (Lipinski definition) is 2. The molecule has 0 N–H and O–H groups in total. The van der Waals surface area contributed by atoms with Crippen molar-refractivity contribution in [1.82, 2.24) is 4.98 Å². The molecule has 0 aliphatic carbocycles. The van der Waals surface area contributed by atoms with Crippen LogP contribution in [0, 0.1) is 5.41 Å². The van der Waals surface area contributed by atoms with Crippen molar-refractivity contribution in [2.45, 2.75) is 47.0 Å². The lowest BCUT2D eigenvalue weighted by Gasteiger charge is -2.15. The van der Waals surface area contributed by atoms with Crippen molar-refractivity contribution in [3.8, 4) is 0 Å². The van der Waals surface area contributed by atoms with Crippen LogP contribution < -0.4 is 0 Å². The number of nitrogens with zero attached hydrogens (tertiary/aromatic N) is 1. The van der Waals surface area contributed by atoms with E-state index in [-0.39, 0.29) is 0 Å². The summed E-state index contributed by atoms with van der Waals surface area (Å²) in [4.78, 5) is 4.61. The van der Waals surface area contributed by atoms with E-state index in [1.165, 1.54) is 10.7 Å². The first kappa shape index (κ1) is 10.7. The molecule has 1 aromatic rings. The minimum Gasteiger partial charge on any atom is -0.246 e. The Morgan fingerprint density at radius 1 is 1.38 bits per heavy atom. The Hall–Kier alpha value is -0.370. The summed E-state index contributed by atoms with van der Waals surface area (Å²) in [5, 5.41) is 3.46. The summed E-state index contributed by atoms with van der Waals surface area (Å²) in [6.45, 7) is 11.1. The fraction of sp³-hybridized carbons (Fsp3) is 0.727. The van der Waals surface area contributed by atoms with E-state index in [1.807, 2.05) is 0 Å². The third-order valence-corrected chi connectivity index (χ3v) is 2.97. The molecule has 1 heterocycles. The predicted octanol–water partition coefficient (Wildman–Crippen LogP) is 3.86. The van der Waals surface area contributed by atoms with Gasteiger partial charge in [0.05, 0.1) is 10.7 Å². The number of aromatic nitrogens is 1. The van der Waals surface area contributed by atoms with Gasteiger partial charge in [-0.3, -0.25) is 0 Å². The summed E-state index contributed by atoms with van der Waals surface area (Å²) in [5.41, 5.74) is 1.60. The SMILES string of the molecule is CC(C)c1nc(CC(C)(C)C)cs1. The maximum atomic E-state index is 4.61. The second-order valence-corrected chi connectivity index (χ2v) is 5.96. The van der Waals surface area contributed by atoms with Crippen LogP contribution in [0.4, 0.5) is 0 Å². The van der Waals surface area contributed by atoms with E-state index in [2.05, 4.69) is 45.0 Å². The molecule has 0 bridgehead atoms. The molecule has 13 heavy (non-hydrogen) atoms. The molecular weight excluding hydrogens is 178 g/mol. The van der Waals surface area contributed by atoms with E-state index in [4.69, 9.17) is 0 Å². The average Bonchev–Trinajstić information content (AvgIpc) is 2.31. The summed E-state index contributed by atoms with van der Waals surface area (Å²) < 4.78 is 0. The van der Waals surface area contributed by atoms with Crippen molar-refractivity contribution in [3.05, 3.63) is 16.1 Å². The van der Waals surface area contributed by atoms with Crippen LogP contribution in [0.1, 0.15) is 51.2 Å². The Morgan fingerprint density at radius 3 is 2.38 bits per heavy atom. The van der Waals surface area contributed by atoms with E-state index in [9.17, 15) is 0 Å². The Morgan fingerprint density at radius 2 is 2.00 bits per heavy atom. The standard InChI is InChI=1S/C11H19NS/c1-8(2)10-12-9(7-13-10)6-11(3,4)5/h7-8H,6H2,1-5H3. The highest BCUT2D eigenvalue weighted by Gasteiger charge is 2.14. The van der Waals surface area contributed by atoms with Crippen molar-refractivity contribution in [2.24, 2.45) is 5.41 Å². The quantitative estimate of drug-likeness (QED) is 0.701. The van der Waals surface area contributed by atoms with Crippen LogP contribution in [0.3, 0.4) is 0 Å². The van der Waals surface area contributed by atoms with Crippen LogP contribution in [0.25, 0.3) is 0 Å². The van der Waals surface area contributed by atoms with Gasteiger partial charge in [0.1, 0.15) is 0 Å². The van der Waals surface area contributed by atoms with E-state index in [1.54, 1.807) is 11.3 Å². The summed E-state index contributed by atoms with van der Waals surface area (Å²) in [7, 11) is 0. The van der Waals surface area contributed by atoms with Crippen molar-refractivity contribution >= 4 is 11.3 Å². The van der Waals surface area contributed by atoms with Crippen molar-refractivity contribution in [3.63, 3.8) is 0 Å². The van der Waals surface area contributed by atoms with Gasteiger partial charge in [-0.25, -0.2) is 4.98 Å². The first-order valence-electron chi connectivity index (χ1n) is 4.83. The Kier molecular flexibility index (Phi) is 3.12. The molecular formula is C11H19NS. The molecule has 0 atom stereocenters. The van der Waals surface area contributed by atoms with Crippen LogP contribution in [0.5, 0.6) is 0 Å². The molecule has 0 fully saturated rings. The summed E-state index contributed by atoms with van der Waals surface area (Å²) in [6, 6.07) is 0. The monoisotopic (exact) mass is 197 g/mol. The van der Waals surface area contributed by atoms with Gasteiger partial charge >= 0.3 is 0 Å². The molecule has 0 saturated heterocycles. The summed E-state index contributed by atoms with van der Waals surface area (Å²) in [5.74, 6) is 0.568. The van der Waals surface area contributed by atoms with Crippen LogP contribution in [-0.2, 0) is 6.42 Å². The molecule has 0 unspecified atom stereocenters. The van der Waals surface area contributed by atoms with E-state index >= 15 is 0 Å². The van der Waals surface area contributed by atoms with Crippen LogP contribution in [-0.4, -0.2) is 4.98 Å². The molecule has 1 rings (SSSR count). The van der Waals surface area contributed by atoms with Crippen molar-refractivity contribution in [2.75, 3.05) is 0 Å². The number of rotatable bonds is 2. The fourth-order valence-electron chi connectivity index (χ4n) is 1.21. The second kappa shape index (κ2) is 3.79. The fourth-order valence-corrected chi connectivity index (χ4v) is 2.05. The van der Waals surface area contributed by atoms with Crippen LogP contribution in [0.15, 0.2) is 5.38 Å². The van der Waals surface area contributed by atoms with Gasteiger partial charge in [-0.05, 0) is 11.8 Å². The molecule has 74 valence electrons. The van der Waals surface area contributed by atoms with Crippen molar-refractivity contribution < 1.29 is 0 Å². The number of thiazole rings is 1. The van der Waals surface area contributed by atoms with Gasteiger partial charge in [-0.2, -0.15) is 0 Å². The molecule has 0 amide bonds. The maximum Gasteiger partial charge on any atom is 0.0953 e. The zero-order valence-corrected chi connectivity index (χ0v) is 10.0. The number of hydrogen-bond donors (Lipinski definition) is 0. The highest BCUT2D eigenvalue weighted by Crippen LogP contribution is 2.24.